The van der Waals surface area contributed by atoms with Crippen molar-refractivity contribution in [2.45, 2.75) is 31.5 Å². The number of benzene rings is 1. The van der Waals surface area contributed by atoms with Crippen molar-refractivity contribution in [3.63, 3.8) is 0 Å². The van der Waals surface area contributed by atoms with Gasteiger partial charge in [0.15, 0.2) is 6.04 Å². The average Bonchev–Trinajstić information content (AvgIpc) is 2.23. The molecular formula is C13H13F4NO. The summed E-state index contributed by atoms with van der Waals surface area (Å²) in [6.07, 6.45) is -2.48. The molecule has 2 nitrogen and oxygen atoms in total. The predicted octanol–water partition coefficient (Wildman–Crippen LogP) is 3.35. The molecule has 1 N–H and O–H groups in total. The zero-order valence-corrected chi connectivity index (χ0v) is 10.0. The van der Waals surface area contributed by atoms with Crippen molar-refractivity contribution in [3.05, 3.63) is 35.6 Å². The summed E-state index contributed by atoms with van der Waals surface area (Å²) in [6.45, 7) is 0. The Balaban J connectivity index is 2.16. The van der Waals surface area contributed by atoms with E-state index < -0.39 is 23.9 Å². The van der Waals surface area contributed by atoms with Gasteiger partial charge in [0.2, 0.25) is 5.91 Å². The van der Waals surface area contributed by atoms with Crippen LogP contribution in [0.3, 0.4) is 0 Å². The third-order valence-corrected chi connectivity index (χ3v) is 3.29. The quantitative estimate of drug-likeness (QED) is 0.842. The number of carbonyl (C=O) groups excluding carboxylic acids is 1. The summed E-state index contributed by atoms with van der Waals surface area (Å²) in [4.78, 5) is 11.6. The van der Waals surface area contributed by atoms with E-state index in [0.29, 0.717) is 12.8 Å². The van der Waals surface area contributed by atoms with Gasteiger partial charge < -0.3 is 5.32 Å². The molecule has 1 atom stereocenters. The van der Waals surface area contributed by atoms with Crippen LogP contribution in [-0.2, 0) is 4.79 Å². The lowest BCUT2D eigenvalue weighted by Crippen LogP contribution is -2.42. The fourth-order valence-electron chi connectivity index (χ4n) is 1.94. The average molecular weight is 275 g/mol. The maximum absolute atomic E-state index is 12.9. The minimum Gasteiger partial charge on any atom is -0.341 e. The van der Waals surface area contributed by atoms with Crippen molar-refractivity contribution in [3.8, 4) is 0 Å². The highest BCUT2D eigenvalue weighted by Gasteiger charge is 2.43. The third kappa shape index (κ3) is 3.24. The Morgan fingerprint density at radius 2 is 1.79 bits per heavy atom. The molecule has 19 heavy (non-hydrogen) atoms. The summed E-state index contributed by atoms with van der Waals surface area (Å²) >= 11 is 0. The zero-order valence-electron chi connectivity index (χ0n) is 10.0. The van der Waals surface area contributed by atoms with Crippen molar-refractivity contribution in [2.24, 2.45) is 5.92 Å². The lowest BCUT2D eigenvalue weighted by Gasteiger charge is -2.28. The highest BCUT2D eigenvalue weighted by atomic mass is 19.4. The summed E-state index contributed by atoms with van der Waals surface area (Å²) in [7, 11) is 0. The third-order valence-electron chi connectivity index (χ3n) is 3.29. The van der Waals surface area contributed by atoms with E-state index in [9.17, 15) is 22.4 Å². The van der Waals surface area contributed by atoms with Gasteiger partial charge in [0.1, 0.15) is 5.82 Å². The molecule has 0 aromatic heterocycles. The maximum Gasteiger partial charge on any atom is 0.412 e. The second-order valence-corrected chi connectivity index (χ2v) is 4.66. The molecule has 1 aliphatic rings. The Bertz CT molecular complexity index is 451. The number of halogens is 4. The summed E-state index contributed by atoms with van der Waals surface area (Å²) in [5, 5.41) is 2.01. The molecule has 0 spiro atoms. The minimum absolute atomic E-state index is 0.165. The van der Waals surface area contributed by atoms with Gasteiger partial charge in [-0.2, -0.15) is 13.2 Å². The van der Waals surface area contributed by atoms with Crippen LogP contribution in [0.25, 0.3) is 0 Å². The van der Waals surface area contributed by atoms with E-state index in [2.05, 4.69) is 0 Å². The number of amides is 1. The molecule has 0 heterocycles. The van der Waals surface area contributed by atoms with Gasteiger partial charge in [-0.3, -0.25) is 4.79 Å². The highest BCUT2D eigenvalue weighted by Crippen LogP contribution is 2.34. The SMILES string of the molecule is O=C(NC(c1ccc(F)cc1)C(F)(F)F)C1CCC1. The van der Waals surface area contributed by atoms with E-state index in [4.69, 9.17) is 0 Å². The second kappa shape index (κ2) is 5.19. The Labute approximate surface area is 107 Å². The zero-order chi connectivity index (χ0) is 14.0. The molecule has 0 radical (unpaired) electrons. The molecule has 0 bridgehead atoms. The molecule has 1 aromatic carbocycles. The van der Waals surface area contributed by atoms with Crippen LogP contribution in [0.1, 0.15) is 30.9 Å². The molecule has 1 unspecified atom stereocenters. The number of nitrogens with one attached hydrogen (secondary N) is 1. The summed E-state index contributed by atoms with van der Waals surface area (Å²) in [5.41, 5.74) is -0.165. The molecule has 0 aliphatic heterocycles. The van der Waals surface area contributed by atoms with Crippen LogP contribution in [0.15, 0.2) is 24.3 Å². The molecule has 2 rings (SSSR count). The molecule has 104 valence electrons. The molecule has 1 fully saturated rings. The number of carbonyl (C=O) groups is 1. The summed E-state index contributed by atoms with van der Waals surface area (Å²) in [5.74, 6) is -1.53. The lowest BCUT2D eigenvalue weighted by atomic mass is 9.84. The summed E-state index contributed by atoms with van der Waals surface area (Å²) in [6, 6.07) is 1.89. The Morgan fingerprint density at radius 1 is 1.21 bits per heavy atom. The van der Waals surface area contributed by atoms with E-state index in [1.54, 1.807) is 0 Å². The topological polar surface area (TPSA) is 29.1 Å². The van der Waals surface area contributed by atoms with Gasteiger partial charge in [-0.25, -0.2) is 4.39 Å². The Morgan fingerprint density at radius 3 is 2.21 bits per heavy atom. The van der Waals surface area contributed by atoms with Crippen LogP contribution in [0.2, 0.25) is 0 Å². The second-order valence-electron chi connectivity index (χ2n) is 4.66. The van der Waals surface area contributed by atoms with E-state index in [1.165, 1.54) is 0 Å². The smallest absolute Gasteiger partial charge is 0.341 e. The van der Waals surface area contributed by atoms with Crippen molar-refractivity contribution in [1.29, 1.82) is 0 Å². The van der Waals surface area contributed by atoms with Crippen LogP contribution in [-0.4, -0.2) is 12.1 Å². The van der Waals surface area contributed by atoms with Crippen LogP contribution in [0, 0.1) is 11.7 Å². The predicted molar refractivity (Wildman–Crippen MR) is 60.7 cm³/mol. The number of hydrogen-bond acceptors (Lipinski definition) is 1. The fraction of sp³-hybridized carbons (Fsp3) is 0.462. The Hall–Kier alpha value is -1.59. The largest absolute Gasteiger partial charge is 0.412 e. The molecule has 1 aliphatic carbocycles. The molecule has 1 aromatic rings. The first kappa shape index (κ1) is 13.8. The summed E-state index contributed by atoms with van der Waals surface area (Å²) < 4.78 is 51.6. The van der Waals surface area contributed by atoms with Gasteiger partial charge in [0.05, 0.1) is 0 Å². The lowest BCUT2D eigenvalue weighted by molar-refractivity contribution is -0.165. The fourth-order valence-corrected chi connectivity index (χ4v) is 1.94. The van der Waals surface area contributed by atoms with Crippen molar-refractivity contribution < 1.29 is 22.4 Å². The van der Waals surface area contributed by atoms with Crippen LogP contribution >= 0.6 is 0 Å². The maximum atomic E-state index is 12.9. The first-order valence-corrected chi connectivity index (χ1v) is 6.00. The van der Waals surface area contributed by atoms with Crippen LogP contribution in [0.4, 0.5) is 17.6 Å². The molecule has 1 saturated carbocycles. The van der Waals surface area contributed by atoms with E-state index in [0.717, 1.165) is 30.7 Å². The number of hydrogen-bond donors (Lipinski definition) is 1. The molecule has 0 saturated heterocycles. The minimum atomic E-state index is -4.60. The van der Waals surface area contributed by atoms with E-state index in [-0.39, 0.29) is 11.5 Å². The molecule has 1 amide bonds. The van der Waals surface area contributed by atoms with Crippen molar-refractivity contribution in [1.82, 2.24) is 5.32 Å². The number of rotatable bonds is 3. The van der Waals surface area contributed by atoms with Gasteiger partial charge in [-0.05, 0) is 30.5 Å². The highest BCUT2D eigenvalue weighted by molar-refractivity contribution is 5.79. The van der Waals surface area contributed by atoms with Gasteiger partial charge in [0, 0.05) is 5.92 Å². The van der Waals surface area contributed by atoms with Crippen LogP contribution in [0.5, 0.6) is 0 Å². The Kier molecular flexibility index (Phi) is 3.78. The molecule has 6 heteroatoms. The van der Waals surface area contributed by atoms with Gasteiger partial charge >= 0.3 is 6.18 Å². The van der Waals surface area contributed by atoms with E-state index >= 15 is 0 Å². The van der Waals surface area contributed by atoms with Gasteiger partial charge in [0.25, 0.3) is 0 Å². The van der Waals surface area contributed by atoms with Crippen molar-refractivity contribution in [2.75, 3.05) is 0 Å². The normalized spacial score (nSPS) is 17.7. The van der Waals surface area contributed by atoms with Crippen LogP contribution < -0.4 is 5.32 Å². The van der Waals surface area contributed by atoms with Gasteiger partial charge in [-0.1, -0.05) is 18.6 Å². The molecular weight excluding hydrogens is 262 g/mol. The standard InChI is InChI=1S/C13H13F4NO/c14-10-6-4-8(5-7-10)11(13(15,16)17)18-12(19)9-2-1-3-9/h4-7,9,11H,1-3H2,(H,18,19). The first-order valence-electron chi connectivity index (χ1n) is 6.00. The van der Waals surface area contributed by atoms with Gasteiger partial charge in [-0.15, -0.1) is 0 Å². The van der Waals surface area contributed by atoms with Crippen molar-refractivity contribution >= 4 is 5.91 Å². The monoisotopic (exact) mass is 275 g/mol. The number of alkyl halides is 3. The first-order chi connectivity index (χ1) is 8.88. The van der Waals surface area contributed by atoms with E-state index in [1.807, 2.05) is 5.32 Å².